The molecule has 0 bridgehead atoms. The molecule has 160 valence electrons. The van der Waals surface area contributed by atoms with Gasteiger partial charge in [-0.15, -0.1) is 11.3 Å². The van der Waals surface area contributed by atoms with E-state index >= 15 is 0 Å². The molecule has 2 aromatic heterocycles. The highest BCUT2D eigenvalue weighted by molar-refractivity contribution is 7.99. The van der Waals surface area contributed by atoms with Gasteiger partial charge in [0.05, 0.1) is 23.3 Å². The first-order valence-corrected chi connectivity index (χ1v) is 12.4. The third kappa shape index (κ3) is 4.21. The Kier molecular flexibility index (Phi) is 6.34. The molecule has 0 N–H and O–H groups in total. The number of ether oxygens (including phenoxy) is 1. The first kappa shape index (κ1) is 21.6. The Labute approximate surface area is 186 Å². The van der Waals surface area contributed by atoms with Crippen LogP contribution in [0.15, 0.2) is 40.3 Å². The van der Waals surface area contributed by atoms with Crippen molar-refractivity contribution in [1.29, 1.82) is 0 Å². The average Bonchev–Trinajstić information content (AvgIpc) is 3.08. The molecule has 1 aliphatic heterocycles. The van der Waals surface area contributed by atoms with Crippen LogP contribution < -0.4 is 5.56 Å². The van der Waals surface area contributed by atoms with Crippen LogP contribution >= 0.6 is 23.1 Å². The normalized spacial score (nSPS) is 15.6. The van der Waals surface area contributed by atoms with Crippen molar-refractivity contribution in [3.8, 4) is 5.69 Å². The third-order valence-corrected chi connectivity index (χ3v) is 7.64. The van der Waals surface area contributed by atoms with Gasteiger partial charge in [0, 0.05) is 23.6 Å². The number of thioether (sulfide) groups is 1. The SMILES string of the molecule is CCN(CC)CCSc1nc2sc3c(c2c(=O)n1-c1ccccc1)CC(C)(C)OC3. The van der Waals surface area contributed by atoms with Crippen molar-refractivity contribution in [2.24, 2.45) is 0 Å². The Morgan fingerprint density at radius 1 is 1.23 bits per heavy atom. The molecule has 30 heavy (non-hydrogen) atoms. The summed E-state index contributed by atoms with van der Waals surface area (Å²) in [5.41, 5.74) is 1.76. The van der Waals surface area contributed by atoms with E-state index in [1.165, 1.54) is 0 Å². The van der Waals surface area contributed by atoms with Gasteiger partial charge >= 0.3 is 0 Å². The van der Waals surface area contributed by atoms with E-state index in [4.69, 9.17) is 9.72 Å². The van der Waals surface area contributed by atoms with Gasteiger partial charge in [-0.05, 0) is 44.6 Å². The summed E-state index contributed by atoms with van der Waals surface area (Å²) in [6.45, 7) is 12.1. The van der Waals surface area contributed by atoms with Gasteiger partial charge in [-0.25, -0.2) is 4.98 Å². The molecular formula is C23H29N3O2S2. The highest BCUT2D eigenvalue weighted by Crippen LogP contribution is 2.37. The summed E-state index contributed by atoms with van der Waals surface area (Å²) in [4.78, 5) is 23.1. The molecule has 0 radical (unpaired) electrons. The largest absolute Gasteiger partial charge is 0.370 e. The number of aromatic nitrogens is 2. The van der Waals surface area contributed by atoms with Crippen LogP contribution in [0.25, 0.3) is 15.9 Å². The molecule has 3 heterocycles. The van der Waals surface area contributed by atoms with Crippen molar-refractivity contribution in [1.82, 2.24) is 14.5 Å². The van der Waals surface area contributed by atoms with Crippen LogP contribution in [0, 0.1) is 0 Å². The fourth-order valence-corrected chi connectivity index (χ4v) is 6.04. The number of thiophene rings is 1. The number of hydrogen-bond donors (Lipinski definition) is 0. The molecule has 0 spiro atoms. The zero-order chi connectivity index (χ0) is 21.3. The summed E-state index contributed by atoms with van der Waals surface area (Å²) in [5.74, 6) is 0.897. The summed E-state index contributed by atoms with van der Waals surface area (Å²) in [6, 6.07) is 9.87. The van der Waals surface area contributed by atoms with Crippen LogP contribution in [0.4, 0.5) is 0 Å². The smallest absolute Gasteiger partial charge is 0.267 e. The zero-order valence-electron chi connectivity index (χ0n) is 18.1. The Balaban J connectivity index is 1.81. The van der Waals surface area contributed by atoms with E-state index in [0.717, 1.165) is 63.3 Å². The van der Waals surface area contributed by atoms with Crippen molar-refractivity contribution < 1.29 is 4.74 Å². The van der Waals surface area contributed by atoms with Crippen molar-refractivity contribution in [3.05, 3.63) is 51.1 Å². The summed E-state index contributed by atoms with van der Waals surface area (Å²) in [6.07, 6.45) is 0.739. The summed E-state index contributed by atoms with van der Waals surface area (Å²) in [7, 11) is 0. The van der Waals surface area contributed by atoms with Gasteiger partial charge in [0.25, 0.3) is 5.56 Å². The van der Waals surface area contributed by atoms with Gasteiger partial charge in [0.15, 0.2) is 5.16 Å². The molecule has 5 nitrogen and oxygen atoms in total. The van der Waals surface area contributed by atoms with Gasteiger partial charge in [0.2, 0.25) is 0 Å². The van der Waals surface area contributed by atoms with Crippen LogP contribution in [0.1, 0.15) is 38.1 Å². The van der Waals surface area contributed by atoms with Crippen molar-refractivity contribution in [3.63, 3.8) is 0 Å². The second-order valence-corrected chi connectivity index (χ2v) is 10.3. The average molecular weight is 444 g/mol. The van der Waals surface area contributed by atoms with Crippen LogP contribution in [0.5, 0.6) is 0 Å². The standard InChI is InChI=1S/C23H29N3O2S2/c1-5-25(6-2)12-13-29-22-24-20-19(17-14-23(3,4)28-15-18(17)30-20)21(27)26(22)16-10-8-7-9-11-16/h7-11H,5-6,12-15H2,1-4H3. The second-order valence-electron chi connectivity index (χ2n) is 8.15. The van der Waals surface area contributed by atoms with E-state index in [1.807, 2.05) is 30.3 Å². The van der Waals surface area contributed by atoms with Crippen LogP contribution in [0.3, 0.4) is 0 Å². The molecule has 0 fully saturated rings. The van der Waals surface area contributed by atoms with E-state index < -0.39 is 0 Å². The molecule has 0 saturated heterocycles. The minimum absolute atomic E-state index is 0.0340. The topological polar surface area (TPSA) is 47.4 Å². The number of para-hydroxylation sites is 1. The van der Waals surface area contributed by atoms with Crippen LogP contribution in [-0.4, -0.2) is 45.4 Å². The lowest BCUT2D eigenvalue weighted by molar-refractivity contribution is -0.0379. The first-order chi connectivity index (χ1) is 14.4. The van der Waals surface area contributed by atoms with E-state index in [-0.39, 0.29) is 11.2 Å². The summed E-state index contributed by atoms with van der Waals surface area (Å²) >= 11 is 3.27. The van der Waals surface area contributed by atoms with Gasteiger partial charge in [-0.3, -0.25) is 9.36 Å². The van der Waals surface area contributed by atoms with Crippen LogP contribution in [0.2, 0.25) is 0 Å². The predicted molar refractivity (Wildman–Crippen MR) is 126 cm³/mol. The molecule has 1 aliphatic rings. The third-order valence-electron chi connectivity index (χ3n) is 5.62. The van der Waals surface area contributed by atoms with E-state index in [9.17, 15) is 4.79 Å². The van der Waals surface area contributed by atoms with Crippen LogP contribution in [-0.2, 0) is 17.8 Å². The van der Waals surface area contributed by atoms with E-state index in [0.29, 0.717) is 6.61 Å². The molecule has 0 saturated carbocycles. The number of hydrogen-bond acceptors (Lipinski definition) is 6. The molecule has 1 aromatic carbocycles. The highest BCUT2D eigenvalue weighted by atomic mass is 32.2. The maximum Gasteiger partial charge on any atom is 0.267 e. The molecule has 7 heteroatoms. The molecular weight excluding hydrogens is 414 g/mol. The summed E-state index contributed by atoms with van der Waals surface area (Å²) < 4.78 is 7.78. The predicted octanol–water partition coefficient (Wildman–Crippen LogP) is 4.73. The molecule has 0 amide bonds. The van der Waals surface area contributed by atoms with Gasteiger partial charge in [0.1, 0.15) is 4.83 Å². The fourth-order valence-electron chi connectivity index (χ4n) is 3.88. The minimum Gasteiger partial charge on any atom is -0.370 e. The Morgan fingerprint density at radius 2 is 1.97 bits per heavy atom. The minimum atomic E-state index is -0.262. The lowest BCUT2D eigenvalue weighted by Gasteiger charge is -2.29. The quantitative estimate of drug-likeness (QED) is 0.390. The number of rotatable bonds is 7. The number of benzene rings is 1. The fraction of sp³-hybridized carbons (Fsp3) is 0.478. The van der Waals surface area contributed by atoms with Gasteiger partial charge < -0.3 is 9.64 Å². The first-order valence-electron chi connectivity index (χ1n) is 10.6. The van der Waals surface area contributed by atoms with Crippen molar-refractivity contribution >= 4 is 33.3 Å². The van der Waals surface area contributed by atoms with Crippen molar-refractivity contribution in [2.45, 2.75) is 51.5 Å². The van der Waals surface area contributed by atoms with E-state index in [1.54, 1.807) is 27.7 Å². The second kappa shape index (κ2) is 8.83. The molecule has 0 aliphatic carbocycles. The molecule has 4 rings (SSSR count). The zero-order valence-corrected chi connectivity index (χ0v) is 19.7. The van der Waals surface area contributed by atoms with Crippen molar-refractivity contribution in [2.75, 3.05) is 25.4 Å². The Hall–Kier alpha value is -1.67. The van der Waals surface area contributed by atoms with Gasteiger partial charge in [-0.2, -0.15) is 0 Å². The monoisotopic (exact) mass is 443 g/mol. The lowest BCUT2D eigenvalue weighted by Crippen LogP contribution is -2.32. The maximum absolute atomic E-state index is 13.8. The Bertz CT molecular complexity index is 1090. The highest BCUT2D eigenvalue weighted by Gasteiger charge is 2.31. The number of nitrogens with zero attached hydrogens (tertiary/aromatic N) is 3. The lowest BCUT2D eigenvalue weighted by atomic mass is 9.94. The van der Waals surface area contributed by atoms with Gasteiger partial charge in [-0.1, -0.05) is 43.8 Å². The number of fused-ring (bicyclic) bond motifs is 3. The Morgan fingerprint density at radius 3 is 2.67 bits per heavy atom. The molecule has 3 aromatic rings. The summed E-state index contributed by atoms with van der Waals surface area (Å²) in [5, 5.41) is 1.54. The molecule has 0 atom stereocenters. The maximum atomic E-state index is 13.8. The molecule has 0 unspecified atom stereocenters. The van der Waals surface area contributed by atoms with E-state index in [2.05, 4.69) is 32.6 Å².